The summed E-state index contributed by atoms with van der Waals surface area (Å²) in [6.07, 6.45) is 1.48. The molecule has 0 spiro atoms. The standard InChI is InChI=1S/C13H15ClFNO2/c1-18-11-4-2-3-10(15)12(11)13(17)16-7-5-9(14)6-8-16/h2-4,9H,5-8H2,1H3. The van der Waals surface area contributed by atoms with Crippen LogP contribution in [0, 0.1) is 5.82 Å². The molecule has 18 heavy (non-hydrogen) atoms. The van der Waals surface area contributed by atoms with Gasteiger partial charge < -0.3 is 9.64 Å². The van der Waals surface area contributed by atoms with Gasteiger partial charge >= 0.3 is 0 Å². The van der Waals surface area contributed by atoms with E-state index in [4.69, 9.17) is 16.3 Å². The van der Waals surface area contributed by atoms with Crippen LogP contribution in [0.5, 0.6) is 5.75 Å². The van der Waals surface area contributed by atoms with E-state index < -0.39 is 5.82 Å². The Morgan fingerprint density at radius 3 is 2.72 bits per heavy atom. The first-order valence-electron chi connectivity index (χ1n) is 5.89. The second-order valence-corrected chi connectivity index (χ2v) is 4.90. The van der Waals surface area contributed by atoms with Crippen LogP contribution < -0.4 is 4.74 Å². The third kappa shape index (κ3) is 2.58. The number of hydrogen-bond donors (Lipinski definition) is 0. The summed E-state index contributed by atoms with van der Waals surface area (Å²) < 4.78 is 18.8. The molecule has 1 aliphatic heterocycles. The molecule has 1 aliphatic rings. The third-order valence-corrected chi connectivity index (χ3v) is 3.56. The van der Waals surface area contributed by atoms with Crippen molar-refractivity contribution in [1.82, 2.24) is 4.90 Å². The number of methoxy groups -OCH3 is 1. The Morgan fingerprint density at radius 1 is 1.44 bits per heavy atom. The number of carbonyl (C=O) groups is 1. The summed E-state index contributed by atoms with van der Waals surface area (Å²) in [7, 11) is 1.43. The van der Waals surface area contributed by atoms with Crippen LogP contribution in [0.1, 0.15) is 23.2 Å². The number of amides is 1. The van der Waals surface area contributed by atoms with Crippen molar-refractivity contribution in [3.8, 4) is 5.75 Å². The van der Waals surface area contributed by atoms with Crippen LogP contribution in [0.2, 0.25) is 0 Å². The van der Waals surface area contributed by atoms with Crippen molar-refractivity contribution in [3.05, 3.63) is 29.6 Å². The SMILES string of the molecule is COc1cccc(F)c1C(=O)N1CCC(Cl)CC1. The smallest absolute Gasteiger partial charge is 0.260 e. The largest absolute Gasteiger partial charge is 0.496 e. The number of nitrogens with zero attached hydrogens (tertiary/aromatic N) is 1. The van der Waals surface area contributed by atoms with Gasteiger partial charge in [0.25, 0.3) is 5.91 Å². The molecule has 1 saturated heterocycles. The van der Waals surface area contributed by atoms with Gasteiger partial charge in [0.1, 0.15) is 17.1 Å². The second-order valence-electron chi connectivity index (χ2n) is 4.28. The van der Waals surface area contributed by atoms with Crippen molar-refractivity contribution >= 4 is 17.5 Å². The lowest BCUT2D eigenvalue weighted by atomic mass is 10.1. The Labute approximate surface area is 110 Å². The average Bonchev–Trinajstić information content (AvgIpc) is 2.38. The zero-order chi connectivity index (χ0) is 13.1. The Balaban J connectivity index is 2.23. The Bertz CT molecular complexity index is 445. The highest BCUT2D eigenvalue weighted by Gasteiger charge is 2.26. The van der Waals surface area contributed by atoms with Crippen LogP contribution in [-0.4, -0.2) is 36.4 Å². The number of rotatable bonds is 2. The van der Waals surface area contributed by atoms with E-state index in [1.54, 1.807) is 11.0 Å². The normalized spacial score (nSPS) is 16.7. The van der Waals surface area contributed by atoms with Gasteiger partial charge in [-0.3, -0.25) is 4.79 Å². The lowest BCUT2D eigenvalue weighted by molar-refractivity contribution is 0.0718. The Morgan fingerprint density at radius 2 is 2.11 bits per heavy atom. The topological polar surface area (TPSA) is 29.5 Å². The van der Waals surface area contributed by atoms with Gasteiger partial charge in [0, 0.05) is 18.5 Å². The lowest BCUT2D eigenvalue weighted by Crippen LogP contribution is -2.39. The molecule has 1 heterocycles. The van der Waals surface area contributed by atoms with Crippen LogP contribution in [0.15, 0.2) is 18.2 Å². The fourth-order valence-electron chi connectivity index (χ4n) is 2.09. The highest BCUT2D eigenvalue weighted by molar-refractivity contribution is 6.20. The van der Waals surface area contributed by atoms with E-state index in [2.05, 4.69) is 0 Å². The van der Waals surface area contributed by atoms with E-state index in [9.17, 15) is 9.18 Å². The molecule has 1 fully saturated rings. The average molecular weight is 272 g/mol. The summed E-state index contributed by atoms with van der Waals surface area (Å²) in [4.78, 5) is 13.9. The minimum Gasteiger partial charge on any atom is -0.496 e. The summed E-state index contributed by atoms with van der Waals surface area (Å²) >= 11 is 5.99. The van der Waals surface area contributed by atoms with Gasteiger partial charge in [0.2, 0.25) is 0 Å². The molecule has 0 bridgehead atoms. The molecular weight excluding hydrogens is 257 g/mol. The number of likely N-dealkylation sites (tertiary alicyclic amines) is 1. The first-order chi connectivity index (χ1) is 8.63. The van der Waals surface area contributed by atoms with E-state index in [1.807, 2.05) is 0 Å². The molecule has 0 atom stereocenters. The monoisotopic (exact) mass is 271 g/mol. The fraction of sp³-hybridized carbons (Fsp3) is 0.462. The second kappa shape index (κ2) is 5.57. The van der Waals surface area contributed by atoms with E-state index in [0.29, 0.717) is 13.1 Å². The van der Waals surface area contributed by atoms with E-state index in [1.165, 1.54) is 19.2 Å². The molecule has 5 heteroatoms. The van der Waals surface area contributed by atoms with Crippen molar-refractivity contribution in [1.29, 1.82) is 0 Å². The van der Waals surface area contributed by atoms with Crippen molar-refractivity contribution < 1.29 is 13.9 Å². The van der Waals surface area contributed by atoms with Gasteiger partial charge in [-0.2, -0.15) is 0 Å². The zero-order valence-electron chi connectivity index (χ0n) is 10.2. The van der Waals surface area contributed by atoms with Crippen molar-refractivity contribution in [3.63, 3.8) is 0 Å². The van der Waals surface area contributed by atoms with E-state index in [0.717, 1.165) is 12.8 Å². The van der Waals surface area contributed by atoms with Gasteiger partial charge in [0.15, 0.2) is 0 Å². The molecule has 1 aromatic rings. The van der Waals surface area contributed by atoms with Crippen LogP contribution in [0.3, 0.4) is 0 Å². The summed E-state index contributed by atoms with van der Waals surface area (Å²) in [5.74, 6) is -0.603. The summed E-state index contributed by atoms with van der Waals surface area (Å²) in [6, 6.07) is 4.38. The van der Waals surface area contributed by atoms with Crippen LogP contribution in [0.25, 0.3) is 0 Å². The van der Waals surface area contributed by atoms with Gasteiger partial charge in [0.05, 0.1) is 7.11 Å². The molecule has 1 aromatic carbocycles. The number of ether oxygens (including phenoxy) is 1. The quantitative estimate of drug-likeness (QED) is 0.774. The minimum absolute atomic E-state index is 0.00743. The first-order valence-corrected chi connectivity index (χ1v) is 6.33. The molecular formula is C13H15ClFNO2. The number of hydrogen-bond acceptors (Lipinski definition) is 2. The Hall–Kier alpha value is -1.29. The number of carbonyl (C=O) groups excluding carboxylic acids is 1. The van der Waals surface area contributed by atoms with Crippen LogP contribution in [0.4, 0.5) is 4.39 Å². The molecule has 1 amide bonds. The van der Waals surface area contributed by atoms with E-state index >= 15 is 0 Å². The van der Waals surface area contributed by atoms with Crippen molar-refractivity contribution in [2.75, 3.05) is 20.2 Å². The highest BCUT2D eigenvalue weighted by atomic mass is 35.5. The molecule has 0 aliphatic carbocycles. The maximum atomic E-state index is 13.8. The highest BCUT2D eigenvalue weighted by Crippen LogP contribution is 2.25. The molecule has 0 radical (unpaired) electrons. The van der Waals surface area contributed by atoms with Gasteiger partial charge in [-0.25, -0.2) is 4.39 Å². The molecule has 0 saturated carbocycles. The van der Waals surface area contributed by atoms with Crippen LogP contribution in [-0.2, 0) is 0 Å². The van der Waals surface area contributed by atoms with Gasteiger partial charge in [-0.05, 0) is 25.0 Å². The fourth-order valence-corrected chi connectivity index (χ4v) is 2.29. The summed E-state index contributed by atoms with van der Waals surface area (Å²) in [5, 5.41) is 0.108. The van der Waals surface area contributed by atoms with Crippen LogP contribution >= 0.6 is 11.6 Å². The molecule has 3 nitrogen and oxygen atoms in total. The molecule has 0 N–H and O–H groups in total. The third-order valence-electron chi connectivity index (χ3n) is 3.12. The maximum Gasteiger partial charge on any atom is 0.260 e. The molecule has 98 valence electrons. The van der Waals surface area contributed by atoms with E-state index in [-0.39, 0.29) is 22.6 Å². The number of halogens is 2. The number of piperidine rings is 1. The van der Waals surface area contributed by atoms with Crippen molar-refractivity contribution in [2.45, 2.75) is 18.2 Å². The predicted molar refractivity (Wildman–Crippen MR) is 67.7 cm³/mol. The summed E-state index contributed by atoms with van der Waals surface area (Å²) in [6.45, 7) is 1.12. The van der Waals surface area contributed by atoms with Crippen molar-refractivity contribution in [2.24, 2.45) is 0 Å². The maximum absolute atomic E-state index is 13.8. The number of alkyl halides is 1. The minimum atomic E-state index is -0.549. The summed E-state index contributed by atoms with van der Waals surface area (Å²) in [5.41, 5.74) is 0.00743. The Kier molecular flexibility index (Phi) is 4.07. The van der Waals surface area contributed by atoms with Gasteiger partial charge in [-0.15, -0.1) is 11.6 Å². The van der Waals surface area contributed by atoms with Gasteiger partial charge in [-0.1, -0.05) is 6.07 Å². The first kappa shape index (κ1) is 13.1. The number of benzene rings is 1. The lowest BCUT2D eigenvalue weighted by Gasteiger charge is -2.29. The molecule has 0 aromatic heterocycles. The zero-order valence-corrected chi connectivity index (χ0v) is 10.9. The molecule has 2 rings (SSSR count). The molecule has 0 unspecified atom stereocenters. The predicted octanol–water partition coefficient (Wildman–Crippen LogP) is 2.68.